The van der Waals surface area contributed by atoms with Crippen molar-refractivity contribution in [2.75, 3.05) is 0 Å². The number of ketones is 2. The van der Waals surface area contributed by atoms with Crippen LogP contribution in [0, 0.1) is 0 Å². The predicted octanol–water partition coefficient (Wildman–Crippen LogP) is -1.25. The van der Waals surface area contributed by atoms with Crippen molar-refractivity contribution in [3.8, 4) is 11.5 Å². The van der Waals surface area contributed by atoms with Crippen LogP contribution in [-0.2, 0) is 0 Å². The molecule has 0 radical (unpaired) electrons. The summed E-state index contributed by atoms with van der Waals surface area (Å²) in [6.07, 6.45) is 0. The minimum absolute atomic E-state index is 0. The fraction of sp³-hybridized carbons (Fsp3) is 0.0566. The monoisotopic (exact) mass is 1490 g/mol. The van der Waals surface area contributed by atoms with Gasteiger partial charge < -0.3 is 29.0 Å². The Bertz CT molecular complexity index is 2690. The molecule has 0 aliphatic carbocycles. The van der Waals surface area contributed by atoms with E-state index in [0.29, 0.717) is 19.6 Å². The first-order valence-corrected chi connectivity index (χ1v) is 35.1. The number of halogens is 16. The number of aromatic hydroxyl groups is 2. The second kappa shape index (κ2) is 48.9. The topological polar surface area (TPSA) is 74.6 Å². The quantitative estimate of drug-likeness (QED) is 0.0560. The average molecular weight is 1490 g/mol. The summed E-state index contributed by atoms with van der Waals surface area (Å²) in [5.74, 6) is 0.967. The molecule has 81 heavy (non-hydrogen) atoms. The van der Waals surface area contributed by atoms with Gasteiger partial charge in [0.15, 0.2) is 0 Å². The Balaban J connectivity index is -0.000000456. The van der Waals surface area contributed by atoms with Gasteiger partial charge in [-0.1, -0.05) is 38.9 Å². The van der Waals surface area contributed by atoms with Crippen molar-refractivity contribution in [3.63, 3.8) is 0 Å². The van der Waals surface area contributed by atoms with Gasteiger partial charge in [0.1, 0.15) is 11.5 Å². The van der Waals surface area contributed by atoms with E-state index in [2.05, 4.69) is 103 Å². The molecule has 0 bridgehead atoms. The number of Topliss-reactive ketones (excluding diaryl/α,β-unsaturated/α-hetero) is 2. The van der Waals surface area contributed by atoms with Crippen molar-refractivity contribution < 1.29 is 90.4 Å². The first kappa shape index (κ1) is 81.7. The van der Waals surface area contributed by atoms with E-state index < -0.39 is 67.0 Å². The standard InChI is InChI=1S/C21H21AsO.C12H11O2P.C8H7O.C6H7As.C6H5.4BF3.Bi.4FH.H/c1-22(19-13-7-3-8-14-19,20-15-9-4-10-16-20)17-21(23)18-11-5-2-6-12-18;13-9-6-7-11(14)12(8-9)15-10-4-2-1-3-5-10;1-7(9)8-5-3-2-4-6-8;7-6-4-2-1-3-5-6;1-2-4-6-5-3-1;4*2-1(3)4;;;;;;/h2-16,22H,17H2,1H3;1-8,13-15H;2-6H,1H2;1-5H,7H2;1-5H;;;;;;4*1H;/p-4. The number of hydrogen-bond donors (Lipinski definition) is 2. The molecule has 0 saturated carbocycles. The van der Waals surface area contributed by atoms with Gasteiger partial charge in [0.25, 0.3) is 0 Å². The van der Waals surface area contributed by atoms with Crippen molar-refractivity contribution in [2.45, 2.75) is 15.0 Å². The maximum atomic E-state index is 12.9. The third-order valence-electron chi connectivity index (χ3n) is 9.59. The molecule has 0 aliphatic rings. The van der Waals surface area contributed by atoms with E-state index in [1.807, 2.05) is 115 Å². The van der Waals surface area contributed by atoms with Crippen LogP contribution in [0.3, 0.4) is 0 Å². The fourth-order valence-electron chi connectivity index (χ4n) is 6.25. The van der Waals surface area contributed by atoms with Gasteiger partial charge in [0.2, 0.25) is 0 Å². The number of carbonyl (C=O) groups excluding carboxylic acids is 2. The number of phenols is 2. The normalized spacial score (nSPS) is 9.46. The summed E-state index contributed by atoms with van der Waals surface area (Å²) in [6.45, 7) is 0. The van der Waals surface area contributed by atoms with Gasteiger partial charge in [0, 0.05) is 5.30 Å². The Kier molecular flexibility index (Phi) is 49.4. The molecule has 8 aromatic rings. The molecule has 0 spiro atoms. The van der Waals surface area contributed by atoms with Crippen LogP contribution in [0.15, 0.2) is 231 Å². The maximum absolute atomic E-state index is 12.9. The Morgan fingerprint density at radius 2 is 0.765 bits per heavy atom. The summed E-state index contributed by atoms with van der Waals surface area (Å²) in [5.41, 5.74) is 4.01. The van der Waals surface area contributed by atoms with Gasteiger partial charge in [-0.3, -0.25) is 51.8 Å². The van der Waals surface area contributed by atoms with Crippen molar-refractivity contribution in [3.05, 3.63) is 242 Å². The maximum Gasteiger partial charge on any atom is -1.00 e. The van der Waals surface area contributed by atoms with E-state index in [1.165, 1.54) is 28.5 Å². The van der Waals surface area contributed by atoms with Gasteiger partial charge in [-0.25, -0.2) is 0 Å². The van der Waals surface area contributed by atoms with Crippen LogP contribution in [0.25, 0.3) is 0 Å². The molecule has 2 N–H and O–H groups in total. The molecule has 2 atom stereocenters. The van der Waals surface area contributed by atoms with Crippen LogP contribution in [0.5, 0.6) is 11.5 Å². The minimum Gasteiger partial charge on any atom is -1.00 e. The van der Waals surface area contributed by atoms with Crippen LogP contribution in [0.1, 0.15) is 20.7 Å². The zero-order chi connectivity index (χ0) is 57.4. The van der Waals surface area contributed by atoms with E-state index >= 15 is 0 Å². The molecule has 0 saturated heterocycles. The number of carbonyl (C=O) groups is 2. The van der Waals surface area contributed by atoms with Gasteiger partial charge in [-0.05, 0) is 23.5 Å². The first-order chi connectivity index (χ1) is 36.6. The van der Waals surface area contributed by atoms with Crippen LogP contribution in [0.4, 0.5) is 51.8 Å². The van der Waals surface area contributed by atoms with Gasteiger partial charge >= 0.3 is 329 Å². The van der Waals surface area contributed by atoms with Crippen molar-refractivity contribution in [2.24, 2.45) is 0 Å². The van der Waals surface area contributed by atoms with Crippen LogP contribution in [-0.4, -0.2) is 106 Å². The van der Waals surface area contributed by atoms with E-state index in [4.69, 9.17) is 0 Å². The summed E-state index contributed by atoms with van der Waals surface area (Å²) in [4.78, 5) is 24.7. The SMILES string of the molecule is C[AsH](CC(=O)c1ccccc1)(c1ccccc1)c1ccccc1.FB(F)F.FB(F)F.FB(F)F.FB(F)F.O=C([CH2][BiH][c]1ccccc1)c1ccccc1.Oc1ccc(O)c(Pc2ccccc2)c1.[AsH2]c1ccccc1.[F-].[F-].[F-].[F-]. The molecule has 0 heterocycles. The van der Waals surface area contributed by atoms with Crippen LogP contribution < -0.4 is 45.8 Å². The number of benzene rings is 8. The average Bonchev–Trinajstić information content (AvgIpc) is 3.41. The summed E-state index contributed by atoms with van der Waals surface area (Å²) in [5, 5.41) is 21.4. The molecule has 4 nitrogen and oxygen atoms in total. The fourth-order valence-corrected chi connectivity index (χ4v) is 18.9. The molecule has 28 heteroatoms. The van der Waals surface area contributed by atoms with Crippen molar-refractivity contribution in [1.82, 2.24) is 0 Å². The molecule has 0 aliphatic heterocycles. The summed E-state index contributed by atoms with van der Waals surface area (Å²) < 4.78 is 122. The zero-order valence-electron chi connectivity index (χ0n) is 42.5. The predicted molar refractivity (Wildman–Crippen MR) is 304 cm³/mol. The summed E-state index contributed by atoms with van der Waals surface area (Å²) >= 11 is -2.00. The number of hydrogen-bond acceptors (Lipinski definition) is 4. The Morgan fingerprint density at radius 1 is 0.457 bits per heavy atom. The van der Waals surface area contributed by atoms with E-state index in [9.17, 15) is 71.6 Å². The number of rotatable bonds is 11. The van der Waals surface area contributed by atoms with Gasteiger partial charge in [-0.15, -0.1) is 0 Å². The summed E-state index contributed by atoms with van der Waals surface area (Å²) in [7, 11) is -14.3. The number of phenolic OH excluding ortho intramolecular Hbond substituents is 2. The third-order valence-corrected chi connectivity index (χ3v) is 25.4. The van der Waals surface area contributed by atoms with E-state index in [0.717, 1.165) is 25.9 Å². The molecule has 0 amide bonds. The van der Waals surface area contributed by atoms with Gasteiger partial charge in [-0.2, -0.15) is 0 Å². The largest absolute Gasteiger partial charge is 1.00 e. The second-order valence-corrected chi connectivity index (χ2v) is 31.6. The van der Waals surface area contributed by atoms with Crippen LogP contribution in [0.2, 0.25) is 15.0 Å². The van der Waals surface area contributed by atoms with E-state index in [1.54, 1.807) is 22.9 Å². The van der Waals surface area contributed by atoms with Crippen molar-refractivity contribution >= 4 is 131 Å². The molecule has 436 valence electrons. The first-order valence-electron chi connectivity index (χ1n) is 22.5. The minimum atomic E-state index is -3.67. The molecule has 2 unspecified atom stereocenters. The Morgan fingerprint density at radius 3 is 1.11 bits per heavy atom. The Hall–Kier alpha value is -5.73. The van der Waals surface area contributed by atoms with Crippen LogP contribution >= 0.6 is 8.58 Å². The molecule has 0 aromatic heterocycles. The molecule has 8 aromatic carbocycles. The summed E-state index contributed by atoms with van der Waals surface area (Å²) in [6, 6.07) is 75.6. The molecular formula is C53H52As2B4BiF16O4P-4. The van der Waals surface area contributed by atoms with Gasteiger partial charge in [0.05, 0.1) is 0 Å². The molecule has 0 fully saturated rings. The zero-order valence-corrected chi connectivity index (χ0v) is 51.9. The third kappa shape index (κ3) is 41.0. The molecule has 8 rings (SSSR count). The molecular weight excluding hydrogens is 1440 g/mol. The smallest absolute Gasteiger partial charge is 1.00 e. The van der Waals surface area contributed by atoms with E-state index in [-0.39, 0.29) is 36.1 Å². The van der Waals surface area contributed by atoms with Crippen molar-refractivity contribution in [1.29, 1.82) is 0 Å². The Labute approximate surface area is 486 Å². The second-order valence-electron chi connectivity index (χ2n) is 15.1.